The highest BCUT2D eigenvalue weighted by Gasteiger charge is 2.12. The number of nitrogens with one attached hydrogen (secondary N) is 2. The normalized spacial score (nSPS) is 10.8. The first-order valence-corrected chi connectivity index (χ1v) is 11.3. The van der Waals surface area contributed by atoms with E-state index in [9.17, 15) is 14.9 Å². The highest BCUT2D eigenvalue weighted by atomic mass is 32.1. The second kappa shape index (κ2) is 12.1. The molecule has 0 aliphatic heterocycles. The molecule has 0 bridgehead atoms. The molecule has 0 spiro atoms. The van der Waals surface area contributed by atoms with Crippen molar-refractivity contribution in [1.82, 2.24) is 10.2 Å². The SMILES string of the molecule is CCc1nnc(NC(=O)/C(C#N)=C\c2ccc(OCCOc3ccc(NC(C)=O)cc3)cc2)s1. The number of carbonyl (C=O) groups is 2. The molecule has 0 saturated carbocycles. The molecule has 34 heavy (non-hydrogen) atoms. The van der Waals surface area contributed by atoms with Gasteiger partial charge in [0, 0.05) is 12.6 Å². The number of carbonyl (C=O) groups excluding carboxylic acids is 2. The van der Waals surface area contributed by atoms with Crippen molar-refractivity contribution in [2.24, 2.45) is 0 Å². The van der Waals surface area contributed by atoms with Gasteiger partial charge in [-0.3, -0.25) is 14.9 Å². The zero-order valence-corrected chi connectivity index (χ0v) is 19.5. The van der Waals surface area contributed by atoms with Crippen LogP contribution in [0.4, 0.5) is 10.8 Å². The Balaban J connectivity index is 1.47. The number of amides is 2. The molecule has 0 unspecified atom stereocenters. The van der Waals surface area contributed by atoms with Crippen LogP contribution < -0.4 is 20.1 Å². The molecule has 9 nitrogen and oxygen atoms in total. The molecule has 2 aromatic carbocycles. The fourth-order valence-electron chi connectivity index (χ4n) is 2.74. The maximum absolute atomic E-state index is 12.3. The predicted octanol–water partition coefficient (Wildman–Crippen LogP) is 4.06. The second-order valence-corrected chi connectivity index (χ2v) is 8.01. The molecule has 0 saturated heterocycles. The lowest BCUT2D eigenvalue weighted by atomic mass is 10.1. The number of anilines is 2. The van der Waals surface area contributed by atoms with Crippen LogP contribution in [0, 0.1) is 11.3 Å². The number of aromatic nitrogens is 2. The molecule has 0 fully saturated rings. The summed E-state index contributed by atoms with van der Waals surface area (Å²) >= 11 is 1.28. The molecular weight excluding hydrogens is 454 g/mol. The van der Waals surface area contributed by atoms with E-state index in [-0.39, 0.29) is 11.5 Å². The van der Waals surface area contributed by atoms with E-state index in [1.165, 1.54) is 24.3 Å². The van der Waals surface area contributed by atoms with Crippen LogP contribution in [-0.4, -0.2) is 35.2 Å². The average Bonchev–Trinajstić information content (AvgIpc) is 3.29. The molecular formula is C24H23N5O4S. The van der Waals surface area contributed by atoms with Gasteiger partial charge in [-0.15, -0.1) is 10.2 Å². The van der Waals surface area contributed by atoms with Gasteiger partial charge in [0.15, 0.2) is 0 Å². The number of nitrogens with zero attached hydrogens (tertiary/aromatic N) is 3. The number of hydrogen-bond acceptors (Lipinski definition) is 8. The van der Waals surface area contributed by atoms with E-state index in [0.717, 1.165) is 11.4 Å². The smallest absolute Gasteiger partial charge is 0.268 e. The fraction of sp³-hybridized carbons (Fsp3) is 0.208. The highest BCUT2D eigenvalue weighted by Crippen LogP contribution is 2.19. The number of aryl methyl sites for hydroxylation is 1. The van der Waals surface area contributed by atoms with Gasteiger partial charge in [0.05, 0.1) is 0 Å². The third-order valence-corrected chi connectivity index (χ3v) is 5.32. The van der Waals surface area contributed by atoms with Crippen molar-refractivity contribution in [3.05, 3.63) is 64.7 Å². The lowest BCUT2D eigenvalue weighted by molar-refractivity contribution is -0.114. The van der Waals surface area contributed by atoms with Crippen molar-refractivity contribution in [2.45, 2.75) is 20.3 Å². The first-order chi connectivity index (χ1) is 16.5. The Hall–Kier alpha value is -4.23. The molecule has 2 amide bonds. The van der Waals surface area contributed by atoms with E-state index < -0.39 is 5.91 Å². The Morgan fingerprint density at radius 1 is 1.00 bits per heavy atom. The van der Waals surface area contributed by atoms with Gasteiger partial charge in [-0.05, 0) is 54.5 Å². The Morgan fingerprint density at radius 2 is 1.62 bits per heavy atom. The van der Waals surface area contributed by atoms with Crippen molar-refractivity contribution in [1.29, 1.82) is 5.26 Å². The van der Waals surface area contributed by atoms with Crippen LogP contribution in [0.3, 0.4) is 0 Å². The zero-order chi connectivity index (χ0) is 24.3. The van der Waals surface area contributed by atoms with Crippen molar-refractivity contribution in [2.75, 3.05) is 23.8 Å². The van der Waals surface area contributed by atoms with Gasteiger partial charge in [-0.1, -0.05) is 30.4 Å². The average molecular weight is 478 g/mol. The number of ether oxygens (including phenoxy) is 2. The van der Waals surface area contributed by atoms with Crippen molar-refractivity contribution < 1.29 is 19.1 Å². The van der Waals surface area contributed by atoms with Gasteiger partial charge in [0.2, 0.25) is 11.0 Å². The molecule has 0 radical (unpaired) electrons. The summed E-state index contributed by atoms with van der Waals surface area (Å²) in [6, 6.07) is 16.0. The summed E-state index contributed by atoms with van der Waals surface area (Å²) in [7, 11) is 0. The van der Waals surface area contributed by atoms with Crippen LogP contribution in [0.25, 0.3) is 6.08 Å². The molecule has 3 rings (SSSR count). The number of hydrogen-bond donors (Lipinski definition) is 2. The summed E-state index contributed by atoms with van der Waals surface area (Å²) in [5.41, 5.74) is 1.34. The molecule has 174 valence electrons. The predicted molar refractivity (Wildman–Crippen MR) is 130 cm³/mol. The monoisotopic (exact) mass is 477 g/mol. The fourth-order valence-corrected chi connectivity index (χ4v) is 3.42. The summed E-state index contributed by atoms with van der Waals surface area (Å²) in [6.07, 6.45) is 2.22. The molecule has 0 aliphatic carbocycles. The molecule has 0 atom stereocenters. The first kappa shape index (κ1) is 24.4. The molecule has 10 heteroatoms. The molecule has 3 aromatic rings. The largest absolute Gasteiger partial charge is 0.490 e. The van der Waals surface area contributed by atoms with E-state index in [1.54, 1.807) is 48.5 Å². The van der Waals surface area contributed by atoms with Crippen molar-refractivity contribution in [3.63, 3.8) is 0 Å². The maximum atomic E-state index is 12.3. The summed E-state index contributed by atoms with van der Waals surface area (Å²) in [5, 5.41) is 23.6. The number of rotatable bonds is 10. The van der Waals surface area contributed by atoms with Gasteiger partial charge in [0.25, 0.3) is 5.91 Å². The van der Waals surface area contributed by atoms with Crippen LogP contribution in [-0.2, 0) is 16.0 Å². The number of nitriles is 1. The first-order valence-electron chi connectivity index (χ1n) is 10.5. The molecule has 1 heterocycles. The number of benzene rings is 2. The van der Waals surface area contributed by atoms with E-state index in [4.69, 9.17) is 9.47 Å². The minimum Gasteiger partial charge on any atom is -0.490 e. The van der Waals surface area contributed by atoms with E-state index in [0.29, 0.717) is 41.1 Å². The Kier molecular flexibility index (Phi) is 8.71. The molecule has 2 N–H and O–H groups in total. The van der Waals surface area contributed by atoms with Gasteiger partial charge >= 0.3 is 0 Å². The Labute approximate surface area is 201 Å². The lowest BCUT2D eigenvalue weighted by Crippen LogP contribution is -2.13. The summed E-state index contributed by atoms with van der Waals surface area (Å²) < 4.78 is 11.3. The van der Waals surface area contributed by atoms with Crippen molar-refractivity contribution >= 4 is 40.0 Å². The van der Waals surface area contributed by atoms with Crippen LogP contribution in [0.15, 0.2) is 54.1 Å². The second-order valence-electron chi connectivity index (χ2n) is 6.95. The third kappa shape index (κ3) is 7.43. The summed E-state index contributed by atoms with van der Waals surface area (Å²) in [5.74, 6) is 0.629. The minimum atomic E-state index is -0.538. The van der Waals surface area contributed by atoms with Crippen LogP contribution >= 0.6 is 11.3 Å². The van der Waals surface area contributed by atoms with E-state index >= 15 is 0 Å². The molecule has 0 aliphatic rings. The molecule has 1 aromatic heterocycles. The van der Waals surface area contributed by atoms with E-state index in [1.807, 2.05) is 13.0 Å². The topological polar surface area (TPSA) is 126 Å². The quantitative estimate of drug-likeness (QED) is 0.256. The Bertz CT molecular complexity index is 1200. The minimum absolute atomic E-state index is 0.0418. The Morgan fingerprint density at radius 3 is 2.15 bits per heavy atom. The maximum Gasteiger partial charge on any atom is 0.268 e. The van der Waals surface area contributed by atoms with Crippen LogP contribution in [0.5, 0.6) is 11.5 Å². The van der Waals surface area contributed by atoms with Crippen LogP contribution in [0.2, 0.25) is 0 Å². The zero-order valence-electron chi connectivity index (χ0n) is 18.7. The highest BCUT2D eigenvalue weighted by molar-refractivity contribution is 7.15. The lowest BCUT2D eigenvalue weighted by Gasteiger charge is -2.09. The van der Waals surface area contributed by atoms with Crippen molar-refractivity contribution in [3.8, 4) is 17.6 Å². The van der Waals surface area contributed by atoms with Gasteiger partial charge in [-0.25, -0.2) is 0 Å². The summed E-state index contributed by atoms with van der Waals surface area (Å²) in [6.45, 7) is 4.07. The third-order valence-electron chi connectivity index (χ3n) is 4.34. The summed E-state index contributed by atoms with van der Waals surface area (Å²) in [4.78, 5) is 23.4. The van der Waals surface area contributed by atoms with Gasteiger partial charge in [0.1, 0.15) is 41.4 Å². The van der Waals surface area contributed by atoms with E-state index in [2.05, 4.69) is 20.8 Å². The standard InChI is InChI=1S/C24H23N5O4S/c1-3-22-28-29-24(34-22)27-23(31)18(15-25)14-17-4-8-20(9-5-17)32-12-13-33-21-10-6-19(7-11-21)26-16(2)30/h4-11,14H,3,12-13H2,1-2H3,(H,26,30)(H,27,29,31)/b18-14-. The van der Waals surface area contributed by atoms with Crippen LogP contribution in [0.1, 0.15) is 24.4 Å². The van der Waals surface area contributed by atoms with Gasteiger partial charge < -0.3 is 14.8 Å². The van der Waals surface area contributed by atoms with Gasteiger partial charge in [-0.2, -0.15) is 5.26 Å².